The predicted octanol–water partition coefficient (Wildman–Crippen LogP) is 3.07. The van der Waals surface area contributed by atoms with Crippen molar-refractivity contribution in [1.29, 1.82) is 0 Å². The Morgan fingerprint density at radius 1 is 1.10 bits per heavy atom. The number of carbonyl (C=O) groups is 1. The van der Waals surface area contributed by atoms with Crippen LogP contribution in [0.25, 0.3) is 0 Å². The molecule has 0 bridgehead atoms. The molecule has 2 aromatic rings. The number of carbonyl (C=O) groups excluding carboxylic acids is 1. The standard InChI is InChI=1S/C16H13NO4/c1-11(15(18)12-7-3-2-4-8-12)16(19)13-9-5-6-10-14(13)17(20)21/h2-10,16,19H,1H2/t16-/m0/s1. The zero-order valence-corrected chi connectivity index (χ0v) is 11.1. The van der Waals surface area contributed by atoms with Gasteiger partial charge in [-0.05, 0) is 6.07 Å². The number of nitro groups is 1. The van der Waals surface area contributed by atoms with E-state index >= 15 is 0 Å². The quantitative estimate of drug-likeness (QED) is 0.396. The molecule has 0 unspecified atom stereocenters. The van der Waals surface area contributed by atoms with E-state index in [0.717, 1.165) is 0 Å². The first-order valence-corrected chi connectivity index (χ1v) is 6.22. The maximum absolute atomic E-state index is 12.2. The lowest BCUT2D eigenvalue weighted by Gasteiger charge is -2.13. The van der Waals surface area contributed by atoms with Crippen LogP contribution in [-0.4, -0.2) is 15.8 Å². The minimum absolute atomic E-state index is 0.0526. The highest BCUT2D eigenvalue weighted by molar-refractivity contribution is 6.09. The zero-order valence-electron chi connectivity index (χ0n) is 11.1. The molecule has 5 heteroatoms. The van der Waals surface area contributed by atoms with Crippen LogP contribution in [0.4, 0.5) is 5.69 Å². The van der Waals surface area contributed by atoms with Crippen molar-refractivity contribution < 1.29 is 14.8 Å². The molecule has 0 spiro atoms. The Hall–Kier alpha value is -2.79. The lowest BCUT2D eigenvalue weighted by Crippen LogP contribution is -2.12. The molecule has 5 nitrogen and oxygen atoms in total. The Labute approximate surface area is 121 Å². The lowest BCUT2D eigenvalue weighted by molar-refractivity contribution is -0.386. The van der Waals surface area contributed by atoms with E-state index in [1.807, 2.05) is 0 Å². The first kappa shape index (κ1) is 14.6. The smallest absolute Gasteiger partial charge is 0.275 e. The molecule has 0 aliphatic carbocycles. The van der Waals surface area contributed by atoms with E-state index in [1.54, 1.807) is 36.4 Å². The highest BCUT2D eigenvalue weighted by Gasteiger charge is 2.25. The highest BCUT2D eigenvalue weighted by Crippen LogP contribution is 2.30. The minimum Gasteiger partial charge on any atom is -0.383 e. The van der Waals surface area contributed by atoms with Crippen molar-refractivity contribution in [3.63, 3.8) is 0 Å². The Balaban J connectivity index is 2.32. The van der Waals surface area contributed by atoms with Crippen molar-refractivity contribution in [3.05, 3.63) is 88.0 Å². The molecule has 0 aliphatic heterocycles. The molecule has 2 aromatic carbocycles. The largest absolute Gasteiger partial charge is 0.383 e. The van der Waals surface area contributed by atoms with E-state index in [0.29, 0.717) is 5.56 Å². The predicted molar refractivity (Wildman–Crippen MR) is 78.0 cm³/mol. The zero-order chi connectivity index (χ0) is 15.4. The van der Waals surface area contributed by atoms with Gasteiger partial charge in [-0.2, -0.15) is 0 Å². The third kappa shape index (κ3) is 3.04. The van der Waals surface area contributed by atoms with Gasteiger partial charge < -0.3 is 5.11 Å². The summed E-state index contributed by atoms with van der Waals surface area (Å²) in [4.78, 5) is 22.6. The molecule has 1 atom stereocenters. The lowest BCUT2D eigenvalue weighted by atomic mass is 9.95. The average Bonchev–Trinajstić information content (AvgIpc) is 2.53. The number of rotatable bonds is 5. The number of nitrogens with zero attached hydrogens (tertiary/aromatic N) is 1. The van der Waals surface area contributed by atoms with Crippen LogP contribution in [-0.2, 0) is 0 Å². The summed E-state index contributed by atoms with van der Waals surface area (Å²) in [6, 6.07) is 14.1. The van der Waals surface area contributed by atoms with Gasteiger partial charge >= 0.3 is 0 Å². The van der Waals surface area contributed by atoms with Crippen LogP contribution in [0.3, 0.4) is 0 Å². The molecule has 2 rings (SSSR count). The second-order valence-electron chi connectivity index (χ2n) is 4.44. The Kier molecular flexibility index (Phi) is 4.25. The molecule has 0 saturated heterocycles. The summed E-state index contributed by atoms with van der Waals surface area (Å²) >= 11 is 0. The fourth-order valence-electron chi connectivity index (χ4n) is 1.97. The van der Waals surface area contributed by atoms with E-state index in [2.05, 4.69) is 6.58 Å². The fourth-order valence-corrected chi connectivity index (χ4v) is 1.97. The summed E-state index contributed by atoms with van der Waals surface area (Å²) in [6.45, 7) is 3.59. The Morgan fingerprint density at radius 2 is 1.67 bits per heavy atom. The van der Waals surface area contributed by atoms with E-state index in [4.69, 9.17) is 0 Å². The van der Waals surface area contributed by atoms with Crippen molar-refractivity contribution in [2.75, 3.05) is 0 Å². The number of ketones is 1. The van der Waals surface area contributed by atoms with Crippen LogP contribution >= 0.6 is 0 Å². The average molecular weight is 283 g/mol. The molecule has 106 valence electrons. The topological polar surface area (TPSA) is 80.4 Å². The van der Waals surface area contributed by atoms with E-state index in [1.165, 1.54) is 18.2 Å². The fraction of sp³-hybridized carbons (Fsp3) is 0.0625. The molecule has 21 heavy (non-hydrogen) atoms. The van der Waals surface area contributed by atoms with Crippen molar-refractivity contribution in [2.45, 2.75) is 6.10 Å². The van der Waals surface area contributed by atoms with Crippen LogP contribution in [0.5, 0.6) is 0 Å². The molecule has 0 heterocycles. The number of Topliss-reactive ketones (excluding diaryl/α,β-unsaturated/α-hetero) is 1. The summed E-state index contributed by atoms with van der Waals surface area (Å²) in [5, 5.41) is 21.2. The maximum atomic E-state index is 12.2. The van der Waals surface area contributed by atoms with Gasteiger partial charge in [-0.25, -0.2) is 0 Å². The van der Waals surface area contributed by atoms with Crippen LogP contribution in [0.2, 0.25) is 0 Å². The van der Waals surface area contributed by atoms with Gasteiger partial charge in [0.25, 0.3) is 5.69 Å². The Bertz CT molecular complexity index is 694. The van der Waals surface area contributed by atoms with Crippen LogP contribution in [0, 0.1) is 10.1 Å². The number of para-hydroxylation sites is 1. The number of aliphatic hydroxyl groups is 1. The first-order valence-electron chi connectivity index (χ1n) is 6.22. The molecule has 0 aliphatic rings. The van der Waals surface area contributed by atoms with Gasteiger partial charge in [-0.15, -0.1) is 0 Å². The van der Waals surface area contributed by atoms with Gasteiger partial charge in [0.15, 0.2) is 5.78 Å². The summed E-state index contributed by atoms with van der Waals surface area (Å²) < 4.78 is 0. The van der Waals surface area contributed by atoms with Crippen molar-refractivity contribution in [3.8, 4) is 0 Å². The van der Waals surface area contributed by atoms with Gasteiger partial charge in [0.2, 0.25) is 0 Å². The van der Waals surface area contributed by atoms with Gasteiger partial charge in [0.05, 0.1) is 10.5 Å². The maximum Gasteiger partial charge on any atom is 0.275 e. The Morgan fingerprint density at radius 3 is 2.29 bits per heavy atom. The van der Waals surface area contributed by atoms with Gasteiger partial charge in [-0.3, -0.25) is 14.9 Å². The van der Waals surface area contributed by atoms with Crippen LogP contribution in [0.15, 0.2) is 66.7 Å². The molecular formula is C16H13NO4. The molecule has 0 amide bonds. The van der Waals surface area contributed by atoms with Crippen LogP contribution in [0.1, 0.15) is 22.0 Å². The monoisotopic (exact) mass is 283 g/mol. The molecule has 0 aromatic heterocycles. The second kappa shape index (κ2) is 6.11. The van der Waals surface area contributed by atoms with Gasteiger partial charge in [-0.1, -0.05) is 49.0 Å². The van der Waals surface area contributed by atoms with Crippen molar-refractivity contribution >= 4 is 11.5 Å². The van der Waals surface area contributed by atoms with E-state index in [9.17, 15) is 20.0 Å². The molecular weight excluding hydrogens is 270 g/mol. The SMILES string of the molecule is C=C(C(=O)c1ccccc1)[C@H](O)c1ccccc1[N+](=O)[O-]. The summed E-state index contributed by atoms with van der Waals surface area (Å²) in [6.07, 6.45) is -1.42. The summed E-state index contributed by atoms with van der Waals surface area (Å²) in [7, 11) is 0. The molecule has 0 saturated carbocycles. The van der Waals surface area contributed by atoms with Crippen molar-refractivity contribution in [2.24, 2.45) is 0 Å². The molecule has 1 N–H and O–H groups in total. The molecule has 0 radical (unpaired) electrons. The number of hydrogen-bond donors (Lipinski definition) is 1. The number of benzene rings is 2. The normalized spacial score (nSPS) is 11.7. The first-order chi connectivity index (χ1) is 10.0. The van der Waals surface area contributed by atoms with Crippen LogP contribution < -0.4 is 0 Å². The van der Waals surface area contributed by atoms with E-state index in [-0.39, 0.29) is 16.8 Å². The van der Waals surface area contributed by atoms with E-state index < -0.39 is 16.8 Å². The number of hydrogen-bond acceptors (Lipinski definition) is 4. The highest BCUT2D eigenvalue weighted by atomic mass is 16.6. The van der Waals surface area contributed by atoms with Gasteiger partial charge in [0.1, 0.15) is 6.10 Å². The third-order valence-corrected chi connectivity index (χ3v) is 3.09. The summed E-state index contributed by atoms with van der Waals surface area (Å²) in [5.74, 6) is -0.443. The second-order valence-corrected chi connectivity index (χ2v) is 4.44. The van der Waals surface area contributed by atoms with Gasteiger partial charge in [0, 0.05) is 17.2 Å². The minimum atomic E-state index is -1.42. The van der Waals surface area contributed by atoms with Crippen molar-refractivity contribution in [1.82, 2.24) is 0 Å². The summed E-state index contributed by atoms with van der Waals surface area (Å²) in [5.41, 5.74) is 0.0828. The molecule has 0 fully saturated rings. The third-order valence-electron chi connectivity index (χ3n) is 3.09. The number of aliphatic hydroxyl groups excluding tert-OH is 1. The number of nitro benzene ring substituents is 1.